The summed E-state index contributed by atoms with van der Waals surface area (Å²) in [5, 5.41) is 7.94. The summed E-state index contributed by atoms with van der Waals surface area (Å²) in [7, 11) is 1.47. The maximum atomic E-state index is 5.99. The lowest BCUT2D eigenvalue weighted by Crippen LogP contribution is -2.28. The molecule has 1 aromatic carbocycles. The molecular weight excluding hydrogens is 300 g/mol. The molecule has 0 spiro atoms. The van der Waals surface area contributed by atoms with Crippen molar-refractivity contribution in [1.82, 2.24) is 0 Å². The molecule has 2 aliphatic heterocycles. The zero-order valence-electron chi connectivity index (χ0n) is 13.1. The number of oxime groups is 2. The van der Waals surface area contributed by atoms with E-state index in [9.17, 15) is 0 Å². The molecule has 1 fully saturated rings. The van der Waals surface area contributed by atoms with E-state index in [1.807, 2.05) is 24.3 Å². The molecule has 124 valence electrons. The first-order valence-electron chi connectivity index (χ1n) is 7.70. The predicted octanol–water partition coefficient (Wildman–Crippen LogP) is 2.30. The topological polar surface area (TPSA) is 70.9 Å². The Morgan fingerprint density at radius 1 is 1.22 bits per heavy atom. The largest absolute Gasteiger partial charge is 0.470 e. The zero-order valence-corrected chi connectivity index (χ0v) is 13.1. The van der Waals surface area contributed by atoms with Crippen LogP contribution in [0, 0.1) is 0 Å². The number of nitrogens with zero attached hydrogens (tertiary/aromatic N) is 2. The standard InChI is InChI=1S/C16H20N2O5/c1-19-17-15(16-18-22-11-10-21-16)12-6-2-3-7-13(12)23-14-8-4-5-9-20-14/h2-3,6-7,14H,4-5,8-11H2,1H3/b17-15+. The van der Waals surface area contributed by atoms with Gasteiger partial charge in [-0.15, -0.1) is 0 Å². The van der Waals surface area contributed by atoms with Crippen LogP contribution in [0.5, 0.6) is 5.75 Å². The third-order valence-electron chi connectivity index (χ3n) is 3.48. The Hall–Kier alpha value is -2.28. The second-order valence-corrected chi connectivity index (χ2v) is 5.11. The van der Waals surface area contributed by atoms with E-state index in [1.165, 1.54) is 7.11 Å². The van der Waals surface area contributed by atoms with E-state index in [2.05, 4.69) is 10.3 Å². The summed E-state index contributed by atoms with van der Waals surface area (Å²) in [6.07, 6.45) is 2.78. The van der Waals surface area contributed by atoms with Crippen molar-refractivity contribution < 1.29 is 23.9 Å². The lowest BCUT2D eigenvalue weighted by Gasteiger charge is -2.25. The molecule has 1 atom stereocenters. The molecule has 1 unspecified atom stereocenters. The van der Waals surface area contributed by atoms with Crippen LogP contribution in [-0.4, -0.2) is 44.8 Å². The zero-order chi connectivity index (χ0) is 15.9. The minimum atomic E-state index is -0.251. The van der Waals surface area contributed by atoms with Gasteiger partial charge in [0, 0.05) is 6.42 Å². The van der Waals surface area contributed by atoms with E-state index < -0.39 is 0 Å². The second-order valence-electron chi connectivity index (χ2n) is 5.11. The molecule has 2 aliphatic rings. The highest BCUT2D eigenvalue weighted by Crippen LogP contribution is 2.25. The van der Waals surface area contributed by atoms with Gasteiger partial charge >= 0.3 is 0 Å². The molecule has 1 saturated heterocycles. The fraction of sp³-hybridized carbons (Fsp3) is 0.500. The van der Waals surface area contributed by atoms with Gasteiger partial charge in [0.25, 0.3) is 5.90 Å². The van der Waals surface area contributed by atoms with Crippen molar-refractivity contribution in [3.05, 3.63) is 29.8 Å². The van der Waals surface area contributed by atoms with E-state index in [0.717, 1.165) is 25.9 Å². The van der Waals surface area contributed by atoms with Crippen molar-refractivity contribution in [2.24, 2.45) is 10.3 Å². The van der Waals surface area contributed by atoms with Gasteiger partial charge in [-0.3, -0.25) is 0 Å². The van der Waals surface area contributed by atoms with Crippen molar-refractivity contribution in [2.45, 2.75) is 25.6 Å². The average molecular weight is 320 g/mol. The van der Waals surface area contributed by atoms with Crippen LogP contribution in [0.3, 0.4) is 0 Å². The molecule has 0 saturated carbocycles. The van der Waals surface area contributed by atoms with Crippen LogP contribution in [-0.2, 0) is 19.1 Å². The van der Waals surface area contributed by atoms with E-state index >= 15 is 0 Å². The Labute approximate surface area is 134 Å². The van der Waals surface area contributed by atoms with Gasteiger partial charge < -0.3 is 23.9 Å². The monoisotopic (exact) mass is 320 g/mol. The van der Waals surface area contributed by atoms with Crippen LogP contribution >= 0.6 is 0 Å². The minimum absolute atomic E-state index is 0.251. The van der Waals surface area contributed by atoms with E-state index in [0.29, 0.717) is 30.2 Å². The maximum Gasteiger partial charge on any atom is 0.280 e. The number of ether oxygens (including phenoxy) is 3. The van der Waals surface area contributed by atoms with Gasteiger partial charge in [-0.1, -0.05) is 17.3 Å². The first kappa shape index (κ1) is 15.6. The summed E-state index contributed by atoms with van der Waals surface area (Å²) in [5.41, 5.74) is 1.14. The van der Waals surface area contributed by atoms with Gasteiger partial charge in [0.15, 0.2) is 18.6 Å². The predicted molar refractivity (Wildman–Crippen MR) is 83.5 cm³/mol. The molecule has 0 radical (unpaired) electrons. The molecule has 0 amide bonds. The molecule has 1 aromatic rings. The van der Waals surface area contributed by atoms with E-state index in [-0.39, 0.29) is 12.2 Å². The highest BCUT2D eigenvalue weighted by atomic mass is 16.7. The van der Waals surface area contributed by atoms with Crippen LogP contribution in [0.2, 0.25) is 0 Å². The number of benzene rings is 1. The van der Waals surface area contributed by atoms with Crippen LogP contribution in [0.15, 0.2) is 34.6 Å². The Balaban J connectivity index is 1.87. The molecular formula is C16H20N2O5. The van der Waals surface area contributed by atoms with Crippen LogP contribution in [0.4, 0.5) is 0 Å². The van der Waals surface area contributed by atoms with Crippen molar-refractivity contribution >= 4 is 11.6 Å². The Kier molecular flexibility index (Phi) is 5.31. The highest BCUT2D eigenvalue weighted by Gasteiger charge is 2.24. The molecule has 23 heavy (non-hydrogen) atoms. The Morgan fingerprint density at radius 3 is 2.87 bits per heavy atom. The average Bonchev–Trinajstić information content (AvgIpc) is 2.62. The third kappa shape index (κ3) is 3.92. The van der Waals surface area contributed by atoms with Crippen molar-refractivity contribution in [1.29, 1.82) is 0 Å². The smallest absolute Gasteiger partial charge is 0.280 e. The van der Waals surface area contributed by atoms with E-state index in [1.54, 1.807) is 0 Å². The molecule has 7 heteroatoms. The normalized spacial score (nSPS) is 21.7. The second kappa shape index (κ2) is 7.82. The van der Waals surface area contributed by atoms with Crippen LogP contribution in [0.25, 0.3) is 0 Å². The number of rotatable bonds is 5. The van der Waals surface area contributed by atoms with Crippen molar-refractivity contribution in [3.63, 3.8) is 0 Å². The lowest BCUT2D eigenvalue weighted by molar-refractivity contribution is -0.106. The molecule has 2 heterocycles. The SMILES string of the molecule is CO/N=C(/C1=NOCCO1)c1ccccc1OC1CCCCO1. The van der Waals surface area contributed by atoms with Gasteiger partial charge in [0.05, 0.1) is 12.2 Å². The molecule has 0 aromatic heterocycles. The molecule has 0 N–H and O–H groups in total. The van der Waals surface area contributed by atoms with E-state index in [4.69, 9.17) is 23.9 Å². The highest BCUT2D eigenvalue weighted by molar-refractivity contribution is 6.45. The number of hydrogen-bond donors (Lipinski definition) is 0. The van der Waals surface area contributed by atoms with Crippen LogP contribution in [0.1, 0.15) is 24.8 Å². The number of hydrogen-bond acceptors (Lipinski definition) is 7. The summed E-state index contributed by atoms with van der Waals surface area (Å²) >= 11 is 0. The summed E-state index contributed by atoms with van der Waals surface area (Å²) in [5.74, 6) is 0.922. The fourth-order valence-electron chi connectivity index (χ4n) is 2.42. The van der Waals surface area contributed by atoms with Gasteiger partial charge in [0.1, 0.15) is 19.5 Å². The fourth-order valence-corrected chi connectivity index (χ4v) is 2.42. The van der Waals surface area contributed by atoms with Crippen molar-refractivity contribution in [2.75, 3.05) is 26.9 Å². The van der Waals surface area contributed by atoms with Crippen molar-refractivity contribution in [3.8, 4) is 5.75 Å². The van der Waals surface area contributed by atoms with Gasteiger partial charge in [-0.25, -0.2) is 0 Å². The summed E-state index contributed by atoms with van der Waals surface area (Å²) in [4.78, 5) is 10.0. The maximum absolute atomic E-state index is 5.99. The Bertz CT molecular complexity index is 582. The quantitative estimate of drug-likeness (QED) is 0.615. The molecule has 3 rings (SSSR count). The molecule has 7 nitrogen and oxygen atoms in total. The van der Waals surface area contributed by atoms with Gasteiger partial charge in [-0.2, -0.15) is 0 Å². The third-order valence-corrected chi connectivity index (χ3v) is 3.48. The van der Waals surface area contributed by atoms with Gasteiger partial charge in [-0.05, 0) is 30.1 Å². The summed E-state index contributed by atoms with van der Waals surface area (Å²) in [6, 6.07) is 7.52. The van der Waals surface area contributed by atoms with Gasteiger partial charge in [0.2, 0.25) is 0 Å². The minimum Gasteiger partial charge on any atom is -0.470 e. The summed E-state index contributed by atoms with van der Waals surface area (Å²) in [6.45, 7) is 1.55. The number of para-hydroxylation sites is 1. The lowest BCUT2D eigenvalue weighted by atomic mass is 10.1. The van der Waals surface area contributed by atoms with Crippen LogP contribution < -0.4 is 4.74 Å². The first-order chi connectivity index (χ1) is 11.4. The summed E-state index contributed by atoms with van der Waals surface area (Å²) < 4.78 is 17.2. The first-order valence-corrected chi connectivity index (χ1v) is 7.70. The molecule has 0 bridgehead atoms. The Morgan fingerprint density at radius 2 is 2.13 bits per heavy atom. The molecule has 0 aliphatic carbocycles.